The fourth-order valence-corrected chi connectivity index (χ4v) is 3.89. The van der Waals surface area contributed by atoms with Crippen molar-refractivity contribution in [3.05, 3.63) is 35.9 Å². The number of nitrogens with zero attached hydrogens (tertiary/aromatic N) is 2. The van der Waals surface area contributed by atoms with Crippen LogP contribution in [0.5, 0.6) is 0 Å². The average Bonchev–Trinajstić information content (AvgIpc) is 2.34. The first-order valence-corrected chi connectivity index (χ1v) is 9.85. The van der Waals surface area contributed by atoms with E-state index in [2.05, 4.69) is 35.5 Å². The maximum absolute atomic E-state index is 13.1. The van der Waals surface area contributed by atoms with Crippen molar-refractivity contribution >= 4 is 19.1 Å². The van der Waals surface area contributed by atoms with Crippen molar-refractivity contribution in [1.82, 2.24) is 9.97 Å². The zero-order chi connectivity index (χ0) is 14.0. The number of terminal acetylenes is 1. The maximum atomic E-state index is 13.1. The van der Waals surface area contributed by atoms with Gasteiger partial charge in [-0.05, 0) is 12.1 Å². The molecule has 1 aromatic carbocycles. The van der Waals surface area contributed by atoms with E-state index in [-0.39, 0.29) is 11.4 Å². The smallest absolute Gasteiger partial charge is 0.125 e. The summed E-state index contributed by atoms with van der Waals surface area (Å²) in [5.41, 5.74) is 2.51. The molecule has 0 saturated carbocycles. The Kier molecular flexibility index (Phi) is 3.68. The van der Waals surface area contributed by atoms with Crippen molar-refractivity contribution in [2.75, 3.05) is 0 Å². The van der Waals surface area contributed by atoms with Gasteiger partial charge in [-0.2, -0.15) is 0 Å². The molecule has 0 aliphatic carbocycles. The lowest BCUT2D eigenvalue weighted by Crippen LogP contribution is -2.31. The molecule has 2 rings (SSSR count). The van der Waals surface area contributed by atoms with Crippen molar-refractivity contribution in [3.63, 3.8) is 0 Å². The summed E-state index contributed by atoms with van der Waals surface area (Å²) >= 11 is 0. The van der Waals surface area contributed by atoms with Crippen molar-refractivity contribution in [1.29, 1.82) is 0 Å². The van der Waals surface area contributed by atoms with Crippen LogP contribution in [0.2, 0.25) is 19.6 Å². The Labute approximate surface area is 114 Å². The maximum Gasteiger partial charge on any atom is 0.125 e. The third-order valence-corrected chi connectivity index (χ3v) is 5.84. The van der Waals surface area contributed by atoms with Crippen molar-refractivity contribution in [2.45, 2.75) is 31.6 Å². The van der Waals surface area contributed by atoms with Gasteiger partial charge in [0.1, 0.15) is 5.82 Å². The molecule has 1 atom stereocenters. The number of hydrogen-bond acceptors (Lipinski definition) is 2. The molecule has 4 heteroatoms. The molecule has 0 radical (unpaired) electrons. The molecule has 0 amide bonds. The van der Waals surface area contributed by atoms with Gasteiger partial charge in [-0.15, -0.1) is 12.3 Å². The van der Waals surface area contributed by atoms with Gasteiger partial charge in [0.15, 0.2) is 0 Å². The van der Waals surface area contributed by atoms with Gasteiger partial charge < -0.3 is 0 Å². The lowest BCUT2D eigenvalue weighted by Gasteiger charge is -2.26. The van der Waals surface area contributed by atoms with E-state index in [0.29, 0.717) is 11.9 Å². The first-order chi connectivity index (χ1) is 8.91. The molecule has 1 unspecified atom stereocenters. The summed E-state index contributed by atoms with van der Waals surface area (Å²) in [4.78, 5) is 8.92. The Morgan fingerprint density at radius 3 is 2.68 bits per heavy atom. The zero-order valence-corrected chi connectivity index (χ0v) is 12.4. The van der Waals surface area contributed by atoms with Crippen LogP contribution in [0.25, 0.3) is 11.0 Å². The highest BCUT2D eigenvalue weighted by molar-refractivity contribution is 6.77. The van der Waals surface area contributed by atoms with Crippen LogP contribution in [0.3, 0.4) is 0 Å². The molecular weight excluding hydrogens is 255 g/mol. The highest BCUT2D eigenvalue weighted by Gasteiger charge is 2.29. The fourth-order valence-electron chi connectivity index (χ4n) is 2.14. The first kappa shape index (κ1) is 13.7. The molecule has 0 bridgehead atoms. The topological polar surface area (TPSA) is 25.8 Å². The predicted molar refractivity (Wildman–Crippen MR) is 79.0 cm³/mol. The van der Waals surface area contributed by atoms with Gasteiger partial charge in [0, 0.05) is 24.2 Å². The number of halogens is 1. The molecule has 1 heterocycles. The van der Waals surface area contributed by atoms with Crippen LogP contribution in [0, 0.1) is 18.2 Å². The molecule has 1 aromatic heterocycles. The van der Waals surface area contributed by atoms with Gasteiger partial charge in [-0.3, -0.25) is 4.98 Å². The van der Waals surface area contributed by atoms with Crippen LogP contribution in [-0.4, -0.2) is 18.0 Å². The van der Waals surface area contributed by atoms with E-state index in [4.69, 9.17) is 6.42 Å². The van der Waals surface area contributed by atoms with Crippen LogP contribution < -0.4 is 0 Å². The Balaban J connectivity index is 2.50. The van der Waals surface area contributed by atoms with Gasteiger partial charge in [-0.1, -0.05) is 19.6 Å². The molecule has 0 aliphatic rings. The molecule has 19 heavy (non-hydrogen) atoms. The van der Waals surface area contributed by atoms with Crippen molar-refractivity contribution in [3.8, 4) is 12.3 Å². The highest BCUT2D eigenvalue weighted by atomic mass is 28.3. The Morgan fingerprint density at radius 1 is 1.32 bits per heavy atom. The lowest BCUT2D eigenvalue weighted by atomic mass is 10.2. The summed E-state index contributed by atoms with van der Waals surface area (Å²) in [6.07, 6.45) is 7.89. The standard InChI is InChI=1S/C15H17FN2Si/c1-5-6-15(19(2,3)4)14-10-17-13-9-11(16)7-8-12(13)18-14/h1,7-10,15H,6H2,2-4H3. The van der Waals surface area contributed by atoms with Gasteiger partial charge in [0.2, 0.25) is 0 Å². The van der Waals surface area contributed by atoms with Crippen LogP contribution in [0.15, 0.2) is 24.4 Å². The van der Waals surface area contributed by atoms with E-state index in [0.717, 1.165) is 11.2 Å². The number of rotatable bonds is 3. The summed E-state index contributed by atoms with van der Waals surface area (Å²) in [6, 6.07) is 4.47. The summed E-state index contributed by atoms with van der Waals surface area (Å²) in [6.45, 7) is 6.81. The first-order valence-electron chi connectivity index (χ1n) is 6.27. The summed E-state index contributed by atoms with van der Waals surface area (Å²) < 4.78 is 13.1. The lowest BCUT2D eigenvalue weighted by molar-refractivity contribution is 0.629. The zero-order valence-electron chi connectivity index (χ0n) is 11.4. The van der Waals surface area contributed by atoms with E-state index in [1.807, 2.05) is 0 Å². The number of hydrogen-bond donors (Lipinski definition) is 0. The van der Waals surface area contributed by atoms with Gasteiger partial charge in [0.25, 0.3) is 0 Å². The van der Waals surface area contributed by atoms with Crippen LogP contribution in [-0.2, 0) is 0 Å². The second-order valence-electron chi connectivity index (χ2n) is 5.75. The third kappa shape index (κ3) is 2.99. The molecule has 0 N–H and O–H groups in total. The largest absolute Gasteiger partial charge is 0.253 e. The number of benzene rings is 1. The Bertz CT molecular complexity index is 641. The number of fused-ring (bicyclic) bond motifs is 1. The second kappa shape index (κ2) is 5.10. The van der Waals surface area contributed by atoms with Crippen LogP contribution in [0.1, 0.15) is 17.7 Å². The van der Waals surface area contributed by atoms with Crippen LogP contribution in [0.4, 0.5) is 4.39 Å². The van der Waals surface area contributed by atoms with Gasteiger partial charge in [-0.25, -0.2) is 9.37 Å². The summed E-state index contributed by atoms with van der Waals surface area (Å²) in [5, 5.41) is 0. The molecule has 0 saturated heterocycles. The SMILES string of the molecule is C#CCC(c1cnc2cc(F)ccc2n1)[Si](C)(C)C. The molecule has 2 nitrogen and oxygen atoms in total. The van der Waals surface area contributed by atoms with Crippen molar-refractivity contribution < 1.29 is 4.39 Å². The minimum atomic E-state index is -1.47. The average molecular weight is 272 g/mol. The quantitative estimate of drug-likeness (QED) is 0.628. The molecular formula is C15H17FN2Si. The Hall–Kier alpha value is -1.73. The minimum Gasteiger partial charge on any atom is -0.253 e. The molecule has 0 spiro atoms. The normalized spacial score (nSPS) is 13.2. The van der Waals surface area contributed by atoms with Crippen LogP contribution >= 0.6 is 0 Å². The third-order valence-electron chi connectivity index (χ3n) is 3.25. The minimum absolute atomic E-state index is 0.277. The highest BCUT2D eigenvalue weighted by Crippen LogP contribution is 2.29. The predicted octanol–water partition coefficient (Wildman–Crippen LogP) is 3.75. The second-order valence-corrected chi connectivity index (χ2v) is 11.2. The monoisotopic (exact) mass is 272 g/mol. The van der Waals surface area contributed by atoms with E-state index in [1.165, 1.54) is 12.1 Å². The fraction of sp³-hybridized carbons (Fsp3) is 0.333. The molecule has 2 aromatic rings. The van der Waals surface area contributed by atoms with E-state index >= 15 is 0 Å². The van der Waals surface area contributed by atoms with E-state index in [1.54, 1.807) is 12.3 Å². The summed E-state index contributed by atoms with van der Waals surface area (Å²) in [5.74, 6) is 2.45. The molecule has 0 aliphatic heterocycles. The van der Waals surface area contributed by atoms with E-state index in [9.17, 15) is 4.39 Å². The summed E-state index contributed by atoms with van der Waals surface area (Å²) in [7, 11) is -1.47. The van der Waals surface area contributed by atoms with E-state index < -0.39 is 8.07 Å². The Morgan fingerprint density at radius 2 is 2.05 bits per heavy atom. The number of aromatic nitrogens is 2. The molecule has 0 fully saturated rings. The van der Waals surface area contributed by atoms with Crippen molar-refractivity contribution in [2.24, 2.45) is 0 Å². The van der Waals surface area contributed by atoms with Gasteiger partial charge >= 0.3 is 0 Å². The van der Waals surface area contributed by atoms with Gasteiger partial charge in [0.05, 0.1) is 24.8 Å². The molecule has 98 valence electrons.